The lowest BCUT2D eigenvalue weighted by Crippen LogP contribution is -2.01. The number of nitrogens with zero attached hydrogens (tertiary/aromatic N) is 2. The summed E-state index contributed by atoms with van der Waals surface area (Å²) in [4.78, 5) is 11.7. The van der Waals surface area contributed by atoms with Crippen LogP contribution in [-0.4, -0.2) is 20.1 Å². The zero-order valence-corrected chi connectivity index (χ0v) is 11.0. The van der Waals surface area contributed by atoms with Crippen LogP contribution in [0.2, 0.25) is 0 Å². The highest BCUT2D eigenvalue weighted by atomic mass is 32.1. The summed E-state index contributed by atoms with van der Waals surface area (Å²) < 4.78 is 0. The van der Waals surface area contributed by atoms with Crippen LogP contribution in [0.4, 0.5) is 0 Å². The Morgan fingerprint density at radius 2 is 2.11 bits per heavy atom. The van der Waals surface area contributed by atoms with Crippen LogP contribution < -0.4 is 0 Å². The number of thiazole rings is 1. The van der Waals surface area contributed by atoms with Gasteiger partial charge >= 0.3 is 0 Å². The molecule has 0 fully saturated rings. The number of hydrogen-bond acceptors (Lipinski definition) is 4. The third kappa shape index (κ3) is 2.72. The van der Waals surface area contributed by atoms with Crippen LogP contribution in [0.15, 0.2) is 48.1 Å². The highest BCUT2D eigenvalue weighted by Gasteiger charge is 2.12. The van der Waals surface area contributed by atoms with E-state index in [1.54, 1.807) is 12.4 Å². The number of aliphatic hydroxyl groups is 1. The van der Waals surface area contributed by atoms with E-state index in [0.29, 0.717) is 6.42 Å². The number of imidazole rings is 1. The van der Waals surface area contributed by atoms with Gasteiger partial charge in [0.2, 0.25) is 0 Å². The van der Waals surface area contributed by atoms with Gasteiger partial charge < -0.3 is 10.1 Å². The Bertz CT molecular complexity index is 634. The van der Waals surface area contributed by atoms with Crippen LogP contribution in [0.3, 0.4) is 0 Å². The smallest absolute Gasteiger partial charge is 0.166 e. The first-order valence-corrected chi connectivity index (χ1v) is 6.88. The van der Waals surface area contributed by atoms with Crippen LogP contribution in [0.5, 0.6) is 0 Å². The molecule has 0 amide bonds. The quantitative estimate of drug-likeness (QED) is 0.767. The monoisotopic (exact) mass is 271 g/mol. The van der Waals surface area contributed by atoms with Gasteiger partial charge in [0, 0.05) is 24.2 Å². The normalized spacial score (nSPS) is 12.5. The number of aromatic nitrogens is 3. The zero-order chi connectivity index (χ0) is 13.1. The van der Waals surface area contributed by atoms with E-state index in [-0.39, 0.29) is 0 Å². The molecule has 0 radical (unpaired) electrons. The molecule has 2 heterocycles. The van der Waals surface area contributed by atoms with E-state index in [9.17, 15) is 5.11 Å². The lowest BCUT2D eigenvalue weighted by atomic mass is 10.1. The van der Waals surface area contributed by atoms with Crippen molar-refractivity contribution in [2.45, 2.75) is 12.5 Å². The van der Waals surface area contributed by atoms with Crippen molar-refractivity contribution in [3.8, 4) is 10.8 Å². The fourth-order valence-corrected chi connectivity index (χ4v) is 2.67. The van der Waals surface area contributed by atoms with Crippen molar-refractivity contribution >= 4 is 11.3 Å². The van der Waals surface area contributed by atoms with Gasteiger partial charge in [-0.1, -0.05) is 30.3 Å². The molecule has 0 saturated heterocycles. The molecular weight excluding hydrogens is 258 g/mol. The molecule has 5 heteroatoms. The molecule has 4 nitrogen and oxygen atoms in total. The second-order valence-electron chi connectivity index (χ2n) is 4.21. The molecule has 19 heavy (non-hydrogen) atoms. The van der Waals surface area contributed by atoms with E-state index in [4.69, 9.17) is 0 Å². The Morgan fingerprint density at radius 1 is 1.26 bits per heavy atom. The number of H-pyrrole nitrogens is 1. The molecule has 0 spiro atoms. The van der Waals surface area contributed by atoms with E-state index >= 15 is 0 Å². The third-order valence-electron chi connectivity index (χ3n) is 2.84. The number of aromatic amines is 1. The van der Waals surface area contributed by atoms with Crippen molar-refractivity contribution in [2.75, 3.05) is 0 Å². The summed E-state index contributed by atoms with van der Waals surface area (Å²) in [6, 6.07) is 9.63. The van der Waals surface area contributed by atoms with Crippen molar-refractivity contribution in [1.82, 2.24) is 15.0 Å². The Kier molecular flexibility index (Phi) is 3.39. The molecule has 0 aliphatic heterocycles. The van der Waals surface area contributed by atoms with Gasteiger partial charge in [0.1, 0.15) is 0 Å². The average molecular weight is 271 g/mol. The van der Waals surface area contributed by atoms with Gasteiger partial charge in [-0.2, -0.15) is 0 Å². The Morgan fingerprint density at radius 3 is 2.84 bits per heavy atom. The molecule has 3 rings (SSSR count). The maximum atomic E-state index is 10.2. The summed E-state index contributed by atoms with van der Waals surface area (Å²) in [6.07, 6.45) is 3.47. The Balaban J connectivity index is 1.74. The molecule has 1 atom stereocenters. The van der Waals surface area contributed by atoms with Crippen molar-refractivity contribution in [1.29, 1.82) is 0 Å². The summed E-state index contributed by atoms with van der Waals surface area (Å²) in [6.45, 7) is 0. The molecule has 1 unspecified atom stereocenters. The van der Waals surface area contributed by atoms with E-state index in [1.807, 2.05) is 35.7 Å². The van der Waals surface area contributed by atoms with Crippen LogP contribution in [0.25, 0.3) is 10.8 Å². The van der Waals surface area contributed by atoms with Crippen molar-refractivity contribution in [3.05, 3.63) is 59.4 Å². The van der Waals surface area contributed by atoms with Crippen molar-refractivity contribution < 1.29 is 5.11 Å². The standard InChI is InChI=1S/C14H13N3OS/c18-12(10-4-2-1-3-5-10)8-11-9-19-14(17-11)13-15-6-7-16-13/h1-7,9,12,18H,8H2,(H,15,16). The van der Waals surface area contributed by atoms with Gasteiger partial charge in [-0.15, -0.1) is 11.3 Å². The van der Waals surface area contributed by atoms with Gasteiger partial charge in [-0.05, 0) is 5.56 Å². The number of hydrogen-bond donors (Lipinski definition) is 2. The minimum absolute atomic E-state index is 0.515. The SMILES string of the molecule is OC(Cc1csc(-c2ncc[nH]2)n1)c1ccccc1. The molecule has 2 aromatic heterocycles. The molecule has 0 bridgehead atoms. The molecule has 3 aromatic rings. The van der Waals surface area contributed by atoms with E-state index in [1.165, 1.54) is 11.3 Å². The van der Waals surface area contributed by atoms with Gasteiger partial charge in [0.15, 0.2) is 10.8 Å². The number of benzene rings is 1. The molecule has 2 N–H and O–H groups in total. The van der Waals surface area contributed by atoms with Crippen LogP contribution in [0, 0.1) is 0 Å². The second kappa shape index (κ2) is 5.34. The predicted octanol–water partition coefficient (Wildman–Crippen LogP) is 2.81. The van der Waals surface area contributed by atoms with Crippen molar-refractivity contribution in [3.63, 3.8) is 0 Å². The average Bonchev–Trinajstić information content (AvgIpc) is 3.10. The summed E-state index contributed by atoms with van der Waals surface area (Å²) in [5.74, 6) is 0.769. The van der Waals surface area contributed by atoms with Crippen LogP contribution >= 0.6 is 11.3 Å². The molecular formula is C14H13N3OS. The fourth-order valence-electron chi connectivity index (χ4n) is 1.88. The molecule has 0 saturated carbocycles. The second-order valence-corrected chi connectivity index (χ2v) is 5.07. The topological polar surface area (TPSA) is 61.8 Å². The van der Waals surface area contributed by atoms with Crippen molar-refractivity contribution in [2.24, 2.45) is 0 Å². The summed E-state index contributed by atoms with van der Waals surface area (Å²) in [5, 5.41) is 13.0. The maximum Gasteiger partial charge on any atom is 0.166 e. The number of rotatable bonds is 4. The van der Waals surface area contributed by atoms with E-state index < -0.39 is 6.10 Å². The van der Waals surface area contributed by atoms with Gasteiger partial charge in [-0.3, -0.25) is 0 Å². The lowest BCUT2D eigenvalue weighted by molar-refractivity contribution is 0.177. The number of nitrogens with one attached hydrogen (secondary N) is 1. The maximum absolute atomic E-state index is 10.2. The minimum atomic E-state index is -0.521. The molecule has 0 aliphatic carbocycles. The summed E-state index contributed by atoms with van der Waals surface area (Å²) in [7, 11) is 0. The fraction of sp³-hybridized carbons (Fsp3) is 0.143. The Labute approximate surface area is 114 Å². The van der Waals surface area contributed by atoms with Gasteiger partial charge in [-0.25, -0.2) is 9.97 Å². The molecule has 1 aromatic carbocycles. The van der Waals surface area contributed by atoms with Crippen LogP contribution in [-0.2, 0) is 6.42 Å². The first kappa shape index (κ1) is 12.1. The summed E-state index contributed by atoms with van der Waals surface area (Å²) >= 11 is 1.53. The van der Waals surface area contributed by atoms with Gasteiger partial charge in [0.25, 0.3) is 0 Å². The largest absolute Gasteiger partial charge is 0.388 e. The molecule has 0 aliphatic rings. The third-order valence-corrected chi connectivity index (χ3v) is 3.74. The first-order valence-electron chi connectivity index (χ1n) is 6.00. The lowest BCUT2D eigenvalue weighted by Gasteiger charge is -2.08. The zero-order valence-electron chi connectivity index (χ0n) is 10.2. The van der Waals surface area contributed by atoms with E-state index in [0.717, 1.165) is 22.1 Å². The Hall–Kier alpha value is -1.98. The predicted molar refractivity (Wildman–Crippen MR) is 74.8 cm³/mol. The first-order chi connectivity index (χ1) is 9.33. The van der Waals surface area contributed by atoms with Gasteiger partial charge in [0.05, 0.1) is 11.8 Å². The van der Waals surface area contributed by atoms with Crippen LogP contribution in [0.1, 0.15) is 17.4 Å². The summed E-state index contributed by atoms with van der Waals surface area (Å²) in [5.41, 5.74) is 1.79. The highest BCUT2D eigenvalue weighted by Crippen LogP contribution is 2.23. The minimum Gasteiger partial charge on any atom is -0.388 e. The molecule has 96 valence electrons. The highest BCUT2D eigenvalue weighted by molar-refractivity contribution is 7.13. The van der Waals surface area contributed by atoms with E-state index in [2.05, 4.69) is 15.0 Å². The number of aliphatic hydroxyl groups excluding tert-OH is 1.